The molecular weight excluding hydrogens is 341 g/mol. The van der Waals surface area contributed by atoms with Gasteiger partial charge < -0.3 is 21.5 Å². The van der Waals surface area contributed by atoms with E-state index in [0.717, 1.165) is 0 Å². The van der Waals surface area contributed by atoms with Crippen molar-refractivity contribution in [1.82, 2.24) is 0 Å². The molecule has 0 saturated carbocycles. The highest BCUT2D eigenvalue weighted by atomic mass is 31.2. The lowest BCUT2D eigenvalue weighted by Gasteiger charge is -2.18. The number of hydrogen-bond donors (Lipinski definition) is 4. The fourth-order valence-electron chi connectivity index (χ4n) is 2.50. The number of benzene rings is 2. The summed E-state index contributed by atoms with van der Waals surface area (Å²) in [6.45, 7) is 0. The van der Waals surface area contributed by atoms with Gasteiger partial charge in [0.25, 0.3) is 0 Å². The Balaban J connectivity index is 2.25. The number of aliphatic imine (C=N–C) groups is 1. The minimum Gasteiger partial charge on any atom is -0.481 e. The normalized spacial score (nSPS) is 14.3. The van der Waals surface area contributed by atoms with Gasteiger partial charge in [-0.05, 0) is 23.3 Å². The maximum atomic E-state index is 12.6. The first-order chi connectivity index (χ1) is 11.8. The van der Waals surface area contributed by atoms with Crippen LogP contribution in [0, 0.1) is 0 Å². The van der Waals surface area contributed by atoms with Gasteiger partial charge in [0, 0.05) is 12.3 Å². The molecule has 0 amide bonds. The first-order valence-corrected chi connectivity index (χ1v) is 9.57. The number of aliphatic carboxylic acids is 1. The highest BCUT2D eigenvalue weighted by Crippen LogP contribution is 2.48. The SMILES string of the molecule is NC(N)=Nc1cccc(C(CP(=O)(O)Cc2ccccc2)C(=O)O)c1. The summed E-state index contributed by atoms with van der Waals surface area (Å²) in [7, 11) is -3.70. The number of rotatable bonds is 7. The third kappa shape index (κ3) is 5.74. The highest BCUT2D eigenvalue weighted by molar-refractivity contribution is 7.57. The molecule has 0 aromatic heterocycles. The van der Waals surface area contributed by atoms with Crippen LogP contribution in [0.1, 0.15) is 17.0 Å². The van der Waals surface area contributed by atoms with E-state index in [9.17, 15) is 19.4 Å². The average molecular weight is 361 g/mol. The Bertz CT molecular complexity index is 820. The minimum atomic E-state index is -3.70. The summed E-state index contributed by atoms with van der Waals surface area (Å²) in [5.74, 6) is -2.46. The molecule has 132 valence electrons. The third-order valence-corrected chi connectivity index (χ3v) is 5.36. The van der Waals surface area contributed by atoms with Gasteiger partial charge in [-0.3, -0.25) is 9.36 Å². The molecule has 0 aliphatic rings. The quantitative estimate of drug-likeness (QED) is 0.339. The van der Waals surface area contributed by atoms with Gasteiger partial charge in [0.1, 0.15) is 0 Å². The van der Waals surface area contributed by atoms with Crippen LogP contribution in [0.3, 0.4) is 0 Å². The summed E-state index contributed by atoms with van der Waals surface area (Å²) < 4.78 is 12.6. The number of guanidine groups is 1. The Labute approximate surface area is 145 Å². The molecule has 2 rings (SSSR count). The van der Waals surface area contributed by atoms with Crippen molar-refractivity contribution in [3.8, 4) is 0 Å². The first kappa shape index (κ1) is 18.7. The van der Waals surface area contributed by atoms with Crippen molar-refractivity contribution >= 4 is 25.0 Å². The zero-order valence-corrected chi connectivity index (χ0v) is 14.3. The Morgan fingerprint density at radius 2 is 1.80 bits per heavy atom. The van der Waals surface area contributed by atoms with Crippen LogP contribution in [-0.2, 0) is 15.5 Å². The lowest BCUT2D eigenvalue weighted by Crippen LogP contribution is -2.22. The maximum Gasteiger partial charge on any atom is 0.311 e. The summed E-state index contributed by atoms with van der Waals surface area (Å²) in [6.07, 6.45) is -0.451. The number of hydrogen-bond acceptors (Lipinski definition) is 3. The molecule has 0 spiro atoms. The molecule has 0 heterocycles. The molecule has 0 fully saturated rings. The number of nitrogens with two attached hydrogens (primary N) is 2. The van der Waals surface area contributed by atoms with Gasteiger partial charge in [-0.25, -0.2) is 4.99 Å². The van der Waals surface area contributed by atoms with E-state index in [1.54, 1.807) is 48.5 Å². The van der Waals surface area contributed by atoms with Gasteiger partial charge in [-0.15, -0.1) is 0 Å². The fraction of sp³-hybridized carbons (Fsp3) is 0.176. The van der Waals surface area contributed by atoms with Crippen molar-refractivity contribution in [1.29, 1.82) is 0 Å². The summed E-state index contributed by atoms with van der Waals surface area (Å²) in [5, 5.41) is 9.51. The summed E-state index contributed by atoms with van der Waals surface area (Å²) in [4.78, 5) is 25.8. The summed E-state index contributed by atoms with van der Waals surface area (Å²) >= 11 is 0. The van der Waals surface area contributed by atoms with Crippen LogP contribution in [0.15, 0.2) is 59.6 Å². The standard InChI is InChI=1S/C17H20N3O4P/c18-17(19)20-14-8-4-7-13(9-14)15(16(21)22)11-25(23,24)10-12-5-2-1-3-6-12/h1-9,15H,10-11H2,(H,21,22)(H,23,24)(H4,18,19,20). The van der Waals surface area contributed by atoms with Crippen molar-refractivity contribution < 1.29 is 19.4 Å². The smallest absolute Gasteiger partial charge is 0.311 e. The second-order valence-corrected chi connectivity index (χ2v) is 8.07. The van der Waals surface area contributed by atoms with E-state index in [0.29, 0.717) is 16.8 Å². The second-order valence-electron chi connectivity index (χ2n) is 5.70. The maximum absolute atomic E-state index is 12.6. The van der Waals surface area contributed by atoms with Crippen LogP contribution in [0.4, 0.5) is 5.69 Å². The Kier molecular flexibility index (Phi) is 5.96. The van der Waals surface area contributed by atoms with Gasteiger partial charge in [-0.2, -0.15) is 0 Å². The van der Waals surface area contributed by atoms with Crippen molar-refractivity contribution in [2.45, 2.75) is 12.1 Å². The third-order valence-electron chi connectivity index (χ3n) is 3.57. The number of carbonyl (C=O) groups is 1. The Morgan fingerprint density at radius 3 is 2.40 bits per heavy atom. The molecule has 8 heteroatoms. The van der Waals surface area contributed by atoms with E-state index in [4.69, 9.17) is 11.5 Å². The van der Waals surface area contributed by atoms with E-state index in [2.05, 4.69) is 4.99 Å². The highest BCUT2D eigenvalue weighted by Gasteiger charge is 2.30. The van der Waals surface area contributed by atoms with Gasteiger partial charge in [0.05, 0.1) is 11.6 Å². The van der Waals surface area contributed by atoms with Crippen LogP contribution in [0.25, 0.3) is 0 Å². The van der Waals surface area contributed by atoms with Crippen molar-refractivity contribution in [3.63, 3.8) is 0 Å². The molecule has 2 unspecified atom stereocenters. The summed E-state index contributed by atoms with van der Waals surface area (Å²) in [5.41, 5.74) is 12.1. The average Bonchev–Trinajstić information content (AvgIpc) is 2.52. The van der Waals surface area contributed by atoms with Gasteiger partial charge in [-0.1, -0.05) is 42.5 Å². The van der Waals surface area contributed by atoms with E-state index in [1.165, 1.54) is 6.07 Å². The van der Waals surface area contributed by atoms with Gasteiger partial charge >= 0.3 is 5.97 Å². The van der Waals surface area contributed by atoms with Crippen LogP contribution < -0.4 is 11.5 Å². The molecule has 2 aromatic carbocycles. The summed E-state index contributed by atoms with van der Waals surface area (Å²) in [6, 6.07) is 15.1. The Hall–Kier alpha value is -2.63. The van der Waals surface area contributed by atoms with Gasteiger partial charge in [0.2, 0.25) is 7.37 Å². The fourth-order valence-corrected chi connectivity index (χ4v) is 4.35. The molecule has 2 atom stereocenters. The second kappa shape index (κ2) is 7.96. The van der Waals surface area contributed by atoms with E-state index in [-0.39, 0.29) is 18.3 Å². The Morgan fingerprint density at radius 1 is 1.12 bits per heavy atom. The van der Waals surface area contributed by atoms with E-state index >= 15 is 0 Å². The largest absolute Gasteiger partial charge is 0.481 e. The predicted octanol–water partition coefficient (Wildman–Crippen LogP) is 2.23. The first-order valence-electron chi connectivity index (χ1n) is 7.54. The number of carboxylic acid groups (broad SMARTS) is 1. The zero-order chi connectivity index (χ0) is 18.4. The van der Waals surface area contributed by atoms with Crippen LogP contribution in [-0.4, -0.2) is 28.1 Å². The molecule has 25 heavy (non-hydrogen) atoms. The van der Waals surface area contributed by atoms with Crippen LogP contribution in [0.5, 0.6) is 0 Å². The van der Waals surface area contributed by atoms with Crippen molar-refractivity contribution in [3.05, 3.63) is 65.7 Å². The van der Waals surface area contributed by atoms with Crippen molar-refractivity contribution in [2.75, 3.05) is 6.16 Å². The van der Waals surface area contributed by atoms with Gasteiger partial charge in [0.15, 0.2) is 5.96 Å². The number of nitrogens with zero attached hydrogens (tertiary/aromatic N) is 1. The van der Waals surface area contributed by atoms with E-state index < -0.39 is 19.3 Å². The van der Waals surface area contributed by atoms with E-state index in [1.807, 2.05) is 0 Å². The lowest BCUT2D eigenvalue weighted by atomic mass is 10.0. The molecule has 2 aromatic rings. The van der Waals surface area contributed by atoms with Crippen LogP contribution >= 0.6 is 7.37 Å². The molecule has 0 aliphatic heterocycles. The molecule has 0 bridgehead atoms. The topological polar surface area (TPSA) is 139 Å². The molecule has 0 radical (unpaired) electrons. The molecule has 6 N–H and O–H groups in total. The van der Waals surface area contributed by atoms with Crippen LogP contribution in [0.2, 0.25) is 0 Å². The predicted molar refractivity (Wildman–Crippen MR) is 97.1 cm³/mol. The zero-order valence-electron chi connectivity index (χ0n) is 13.4. The van der Waals surface area contributed by atoms with Crippen molar-refractivity contribution in [2.24, 2.45) is 16.5 Å². The minimum absolute atomic E-state index is 0.0782. The molecule has 0 aliphatic carbocycles. The molecule has 7 nitrogen and oxygen atoms in total. The molecule has 0 saturated heterocycles. The molecular formula is C17H20N3O4P. The number of carboxylic acids is 1. The lowest BCUT2D eigenvalue weighted by molar-refractivity contribution is -0.138. The monoisotopic (exact) mass is 361 g/mol.